The van der Waals surface area contributed by atoms with Crippen LogP contribution in [0.2, 0.25) is 0 Å². The topological polar surface area (TPSA) is 79.7 Å². The molecule has 4 rings (SSSR count). The number of aryl methyl sites for hydroxylation is 2. The van der Waals surface area contributed by atoms with Gasteiger partial charge in [0.1, 0.15) is 6.04 Å². The number of H-pyrrole nitrogens is 1. The number of benzene rings is 1. The monoisotopic (exact) mass is 394 g/mol. The van der Waals surface area contributed by atoms with E-state index in [9.17, 15) is 4.79 Å². The molecule has 7 nitrogen and oxygen atoms in total. The van der Waals surface area contributed by atoms with Crippen molar-refractivity contribution >= 4 is 10.9 Å². The van der Waals surface area contributed by atoms with Crippen LogP contribution in [0.1, 0.15) is 68.6 Å². The van der Waals surface area contributed by atoms with Crippen LogP contribution in [-0.4, -0.2) is 43.2 Å². The fourth-order valence-electron chi connectivity index (χ4n) is 4.26. The lowest BCUT2D eigenvalue weighted by Gasteiger charge is -2.35. The van der Waals surface area contributed by atoms with Crippen LogP contribution >= 0.6 is 0 Å². The van der Waals surface area contributed by atoms with Crippen LogP contribution in [0.3, 0.4) is 0 Å². The van der Waals surface area contributed by atoms with Crippen molar-refractivity contribution in [1.82, 2.24) is 30.1 Å². The minimum absolute atomic E-state index is 0.0646. The number of likely N-dealkylation sites (tertiary alicyclic amines) is 1. The highest BCUT2D eigenvalue weighted by Crippen LogP contribution is 2.31. The zero-order valence-corrected chi connectivity index (χ0v) is 18.0. The molecule has 2 aromatic heterocycles. The molecule has 3 aromatic rings. The first-order valence-corrected chi connectivity index (χ1v) is 10.4. The van der Waals surface area contributed by atoms with Crippen molar-refractivity contribution in [3.05, 3.63) is 51.1 Å². The lowest BCUT2D eigenvalue weighted by Crippen LogP contribution is -2.40. The Bertz CT molecular complexity index is 1080. The van der Waals surface area contributed by atoms with Crippen LogP contribution in [0.5, 0.6) is 0 Å². The molecule has 1 aliphatic rings. The quantitative estimate of drug-likeness (QED) is 0.736. The van der Waals surface area contributed by atoms with Crippen LogP contribution < -0.4 is 5.56 Å². The summed E-state index contributed by atoms with van der Waals surface area (Å²) in [5, 5.41) is 13.7. The molecule has 1 saturated heterocycles. The van der Waals surface area contributed by atoms with E-state index in [1.807, 2.05) is 10.7 Å². The van der Waals surface area contributed by atoms with Crippen LogP contribution in [-0.2, 0) is 5.54 Å². The van der Waals surface area contributed by atoms with E-state index >= 15 is 0 Å². The molecular weight excluding hydrogens is 364 g/mol. The molecule has 3 heterocycles. The number of fused-ring (bicyclic) bond motifs is 1. The fraction of sp³-hybridized carbons (Fsp3) is 0.545. The van der Waals surface area contributed by atoms with Crippen molar-refractivity contribution in [2.45, 2.75) is 65.5 Å². The van der Waals surface area contributed by atoms with Crippen LogP contribution in [0.4, 0.5) is 0 Å². The van der Waals surface area contributed by atoms with E-state index in [0.717, 1.165) is 48.2 Å². The van der Waals surface area contributed by atoms with Crippen molar-refractivity contribution < 1.29 is 0 Å². The normalized spacial score (nSPS) is 17.0. The van der Waals surface area contributed by atoms with Gasteiger partial charge in [0.2, 0.25) is 0 Å². The fourth-order valence-corrected chi connectivity index (χ4v) is 4.26. The lowest BCUT2D eigenvalue weighted by atomic mass is 9.98. The number of rotatable bonds is 3. The van der Waals surface area contributed by atoms with Crippen LogP contribution in [0.15, 0.2) is 23.0 Å². The smallest absolute Gasteiger partial charge is 0.253 e. The van der Waals surface area contributed by atoms with Crippen molar-refractivity contribution in [3.8, 4) is 0 Å². The standard InChI is InChI=1S/C22H30N6O/c1-14-9-10-16-13-17(21(29)23-18(16)15(14)2)19(27-11-7-6-8-12-27)20-24-25-26-28(20)22(3,4)5/h9-10,13,19H,6-8,11-12H2,1-5H3,(H,23,29). The first-order valence-electron chi connectivity index (χ1n) is 10.4. The molecule has 1 aliphatic heterocycles. The first kappa shape index (κ1) is 19.8. The van der Waals surface area contributed by atoms with Gasteiger partial charge in [0, 0.05) is 5.56 Å². The number of pyridine rings is 1. The average molecular weight is 395 g/mol. The molecule has 0 saturated carbocycles. The SMILES string of the molecule is Cc1ccc2cc(C(c3nnnn3C(C)(C)C)N3CCCCC3)c(=O)[nH]c2c1C. The minimum atomic E-state index is -0.274. The Labute approximate surface area is 171 Å². The molecule has 0 aliphatic carbocycles. The number of nitrogens with zero attached hydrogens (tertiary/aromatic N) is 5. The van der Waals surface area contributed by atoms with E-state index in [0.29, 0.717) is 5.56 Å². The molecule has 0 radical (unpaired) electrons. The molecule has 1 atom stereocenters. The summed E-state index contributed by atoms with van der Waals surface area (Å²) in [6.45, 7) is 12.2. The minimum Gasteiger partial charge on any atom is -0.321 e. The second-order valence-electron chi connectivity index (χ2n) is 9.14. The number of aromatic nitrogens is 5. The second-order valence-corrected chi connectivity index (χ2v) is 9.14. The summed E-state index contributed by atoms with van der Waals surface area (Å²) >= 11 is 0. The summed E-state index contributed by atoms with van der Waals surface area (Å²) in [5.41, 5.74) is 3.56. The number of nitrogens with one attached hydrogen (secondary N) is 1. The molecule has 0 amide bonds. The van der Waals surface area contributed by atoms with Crippen LogP contribution in [0.25, 0.3) is 10.9 Å². The van der Waals surface area contributed by atoms with E-state index in [2.05, 4.69) is 72.2 Å². The summed E-state index contributed by atoms with van der Waals surface area (Å²) in [6.07, 6.45) is 3.47. The molecule has 29 heavy (non-hydrogen) atoms. The molecule has 0 spiro atoms. The summed E-state index contributed by atoms with van der Waals surface area (Å²) in [7, 11) is 0. The highest BCUT2D eigenvalue weighted by Gasteiger charge is 2.33. The van der Waals surface area contributed by atoms with Crippen molar-refractivity contribution in [2.24, 2.45) is 0 Å². The number of tetrazole rings is 1. The summed E-state index contributed by atoms with van der Waals surface area (Å²) < 4.78 is 1.86. The molecule has 154 valence electrons. The summed E-state index contributed by atoms with van der Waals surface area (Å²) in [5.74, 6) is 0.730. The van der Waals surface area contributed by atoms with Gasteiger partial charge in [-0.05, 0) is 93.6 Å². The van der Waals surface area contributed by atoms with Gasteiger partial charge in [0.25, 0.3) is 5.56 Å². The molecule has 1 unspecified atom stereocenters. The predicted octanol–water partition coefficient (Wildman–Crippen LogP) is 3.46. The molecule has 1 fully saturated rings. The van der Waals surface area contributed by atoms with Crippen molar-refractivity contribution in [1.29, 1.82) is 0 Å². The highest BCUT2D eigenvalue weighted by molar-refractivity contribution is 5.83. The zero-order chi connectivity index (χ0) is 20.8. The molecular formula is C22H30N6O. The molecule has 1 aromatic carbocycles. The Morgan fingerprint density at radius 3 is 2.52 bits per heavy atom. The number of hydrogen-bond donors (Lipinski definition) is 1. The van der Waals surface area contributed by atoms with E-state index in [4.69, 9.17) is 0 Å². The zero-order valence-electron chi connectivity index (χ0n) is 18.0. The third kappa shape index (κ3) is 3.59. The summed E-state index contributed by atoms with van der Waals surface area (Å²) in [4.78, 5) is 18.8. The van der Waals surface area contributed by atoms with Gasteiger partial charge >= 0.3 is 0 Å². The maximum absolute atomic E-state index is 13.3. The maximum Gasteiger partial charge on any atom is 0.253 e. The largest absolute Gasteiger partial charge is 0.321 e. The Balaban J connectivity index is 1.93. The average Bonchev–Trinajstić information content (AvgIpc) is 3.17. The van der Waals surface area contributed by atoms with Crippen molar-refractivity contribution in [3.63, 3.8) is 0 Å². The number of aromatic amines is 1. The van der Waals surface area contributed by atoms with E-state index in [1.165, 1.54) is 12.0 Å². The molecule has 0 bridgehead atoms. The van der Waals surface area contributed by atoms with Gasteiger partial charge in [-0.15, -0.1) is 5.10 Å². The van der Waals surface area contributed by atoms with E-state index in [1.54, 1.807) is 0 Å². The highest BCUT2D eigenvalue weighted by atomic mass is 16.1. The first-order chi connectivity index (χ1) is 13.8. The van der Waals surface area contributed by atoms with Gasteiger partial charge in [0.15, 0.2) is 5.82 Å². The predicted molar refractivity (Wildman–Crippen MR) is 114 cm³/mol. The number of hydrogen-bond acceptors (Lipinski definition) is 5. The third-order valence-corrected chi connectivity index (χ3v) is 6.00. The van der Waals surface area contributed by atoms with E-state index < -0.39 is 0 Å². The van der Waals surface area contributed by atoms with Crippen molar-refractivity contribution in [2.75, 3.05) is 13.1 Å². The lowest BCUT2D eigenvalue weighted by molar-refractivity contribution is 0.170. The Kier molecular flexibility index (Phi) is 5.02. The van der Waals surface area contributed by atoms with Gasteiger partial charge in [0.05, 0.1) is 11.1 Å². The molecule has 1 N–H and O–H groups in total. The van der Waals surface area contributed by atoms with Gasteiger partial charge < -0.3 is 4.98 Å². The Morgan fingerprint density at radius 1 is 1.10 bits per heavy atom. The maximum atomic E-state index is 13.3. The van der Waals surface area contributed by atoms with E-state index in [-0.39, 0.29) is 17.1 Å². The third-order valence-electron chi connectivity index (χ3n) is 6.00. The Morgan fingerprint density at radius 2 is 1.83 bits per heavy atom. The number of piperidine rings is 1. The summed E-state index contributed by atoms with van der Waals surface area (Å²) in [6, 6.07) is 5.95. The molecule has 7 heteroatoms. The van der Waals surface area contributed by atoms with Gasteiger partial charge in [-0.1, -0.05) is 18.6 Å². The van der Waals surface area contributed by atoms with Crippen LogP contribution in [0, 0.1) is 13.8 Å². The van der Waals surface area contributed by atoms with Gasteiger partial charge in [-0.25, -0.2) is 4.68 Å². The second kappa shape index (κ2) is 7.37. The Hall–Kier alpha value is -2.54. The van der Waals surface area contributed by atoms with Gasteiger partial charge in [-0.2, -0.15) is 0 Å². The van der Waals surface area contributed by atoms with Gasteiger partial charge in [-0.3, -0.25) is 9.69 Å².